The van der Waals surface area contributed by atoms with E-state index in [-0.39, 0.29) is 18.1 Å². The highest BCUT2D eigenvalue weighted by molar-refractivity contribution is 5.94. The molecule has 11 nitrogen and oxygen atoms in total. The second kappa shape index (κ2) is 8.59. The first-order valence-electron chi connectivity index (χ1n) is 7.23. The molecule has 1 amide bonds. The Kier molecular flexibility index (Phi) is 7.10. The molecule has 0 aliphatic carbocycles. The molecule has 0 aromatic carbocycles. The van der Waals surface area contributed by atoms with Gasteiger partial charge in [0.1, 0.15) is 23.7 Å². The summed E-state index contributed by atoms with van der Waals surface area (Å²) >= 11 is 0. The number of aromatic nitrogens is 2. The summed E-state index contributed by atoms with van der Waals surface area (Å²) in [7, 11) is 0. The van der Waals surface area contributed by atoms with Gasteiger partial charge in [0.15, 0.2) is 0 Å². The third-order valence-electron chi connectivity index (χ3n) is 3.18. The van der Waals surface area contributed by atoms with E-state index in [1.54, 1.807) is 13.8 Å². The molecule has 0 spiro atoms. The summed E-state index contributed by atoms with van der Waals surface area (Å²) in [6.07, 6.45) is -4.71. The molecule has 0 aliphatic rings. The predicted molar refractivity (Wildman–Crippen MR) is 84.7 cm³/mol. The van der Waals surface area contributed by atoms with Crippen LogP contribution in [0, 0.1) is 5.92 Å². The molecule has 1 rings (SSSR count). The van der Waals surface area contributed by atoms with Crippen LogP contribution in [0.2, 0.25) is 0 Å². The highest BCUT2D eigenvalue weighted by Crippen LogP contribution is 2.13. The van der Waals surface area contributed by atoms with E-state index in [0.717, 1.165) is 0 Å². The zero-order chi connectivity index (χ0) is 18.4. The van der Waals surface area contributed by atoms with Gasteiger partial charge in [0.05, 0.1) is 12.7 Å². The van der Waals surface area contributed by atoms with Crippen LogP contribution < -0.4 is 21.9 Å². The number of amides is 1. The molecule has 8 N–H and O–H groups in total. The highest BCUT2D eigenvalue weighted by Gasteiger charge is 2.24. The van der Waals surface area contributed by atoms with Crippen molar-refractivity contribution in [3.63, 3.8) is 0 Å². The van der Waals surface area contributed by atoms with Crippen molar-refractivity contribution in [3.05, 3.63) is 20.8 Å². The number of nitrogens with one attached hydrogen (secondary N) is 4. The standard InChI is InChI=1S/C13H22N4O7/c1-5(2)11(22)15-8-10(16-13(24)17-12(8)23)14-3-6(19)9(21)7(20)4-18/h5-7,9,18-21H,3-4H2,1-2H3,(H,15,22)(H3,14,16,17,23,24)/t6-,7+,9-/m0/s1. The zero-order valence-electron chi connectivity index (χ0n) is 13.2. The number of anilines is 2. The summed E-state index contributed by atoms with van der Waals surface area (Å²) in [5.74, 6) is -1.05. The van der Waals surface area contributed by atoms with Gasteiger partial charge in [-0.2, -0.15) is 0 Å². The first kappa shape index (κ1) is 19.8. The third-order valence-corrected chi connectivity index (χ3v) is 3.18. The highest BCUT2D eigenvalue weighted by atomic mass is 16.4. The average Bonchev–Trinajstić information content (AvgIpc) is 2.53. The van der Waals surface area contributed by atoms with Gasteiger partial charge in [-0.25, -0.2) is 4.79 Å². The van der Waals surface area contributed by atoms with Gasteiger partial charge < -0.3 is 31.1 Å². The Hall–Kier alpha value is -2.21. The van der Waals surface area contributed by atoms with Crippen molar-refractivity contribution in [1.82, 2.24) is 9.97 Å². The minimum atomic E-state index is -1.65. The zero-order valence-corrected chi connectivity index (χ0v) is 13.2. The van der Waals surface area contributed by atoms with Crippen LogP contribution in [0.25, 0.3) is 0 Å². The Balaban J connectivity index is 2.96. The maximum absolute atomic E-state index is 11.8. The molecular weight excluding hydrogens is 324 g/mol. The van der Waals surface area contributed by atoms with Gasteiger partial charge in [-0.05, 0) is 0 Å². The Bertz CT molecular complexity index is 669. The van der Waals surface area contributed by atoms with Gasteiger partial charge in [-0.1, -0.05) is 13.8 Å². The van der Waals surface area contributed by atoms with Gasteiger partial charge in [0.25, 0.3) is 5.56 Å². The molecule has 1 aromatic rings. The molecule has 0 saturated carbocycles. The van der Waals surface area contributed by atoms with E-state index in [1.807, 2.05) is 4.98 Å². The van der Waals surface area contributed by atoms with E-state index < -0.39 is 48.0 Å². The van der Waals surface area contributed by atoms with Gasteiger partial charge >= 0.3 is 5.69 Å². The maximum atomic E-state index is 11.8. The molecule has 24 heavy (non-hydrogen) atoms. The summed E-state index contributed by atoms with van der Waals surface area (Å²) in [6, 6.07) is 0. The van der Waals surface area contributed by atoms with E-state index in [1.165, 1.54) is 0 Å². The fraction of sp³-hybridized carbons (Fsp3) is 0.615. The Morgan fingerprint density at radius 1 is 1.12 bits per heavy atom. The number of aliphatic hydroxyl groups is 4. The maximum Gasteiger partial charge on any atom is 0.327 e. The number of aliphatic hydroxyl groups excluding tert-OH is 4. The number of hydrogen-bond donors (Lipinski definition) is 8. The lowest BCUT2D eigenvalue weighted by molar-refractivity contribution is -0.118. The van der Waals surface area contributed by atoms with Crippen LogP contribution in [0.4, 0.5) is 11.5 Å². The molecule has 0 fully saturated rings. The van der Waals surface area contributed by atoms with E-state index >= 15 is 0 Å². The second-order valence-corrected chi connectivity index (χ2v) is 5.49. The van der Waals surface area contributed by atoms with Crippen molar-refractivity contribution in [3.8, 4) is 0 Å². The van der Waals surface area contributed by atoms with Crippen LogP contribution in [0.5, 0.6) is 0 Å². The summed E-state index contributed by atoms with van der Waals surface area (Å²) < 4.78 is 0. The molecule has 3 atom stereocenters. The van der Waals surface area contributed by atoms with Crippen molar-refractivity contribution in [2.45, 2.75) is 32.2 Å². The monoisotopic (exact) mass is 346 g/mol. The smallest absolute Gasteiger partial charge is 0.327 e. The molecule has 0 saturated heterocycles. The summed E-state index contributed by atoms with van der Waals surface area (Å²) in [5.41, 5.74) is -1.94. The number of H-pyrrole nitrogens is 2. The van der Waals surface area contributed by atoms with Crippen molar-refractivity contribution < 1.29 is 25.2 Å². The lowest BCUT2D eigenvalue weighted by Gasteiger charge is -2.22. The van der Waals surface area contributed by atoms with E-state index in [2.05, 4.69) is 15.6 Å². The van der Waals surface area contributed by atoms with Crippen LogP contribution in [-0.4, -0.2) is 67.8 Å². The molecule has 11 heteroatoms. The largest absolute Gasteiger partial charge is 0.394 e. The van der Waals surface area contributed by atoms with Crippen molar-refractivity contribution in [2.24, 2.45) is 5.92 Å². The Labute approximate surface area is 136 Å². The first-order valence-corrected chi connectivity index (χ1v) is 7.23. The molecule has 0 bridgehead atoms. The Morgan fingerprint density at radius 3 is 2.29 bits per heavy atom. The van der Waals surface area contributed by atoms with Crippen molar-refractivity contribution in [2.75, 3.05) is 23.8 Å². The SMILES string of the molecule is CC(C)C(=O)Nc1c(NC[C@H](O)[C@H](O)[C@H](O)CO)[nH]c(=O)[nH]c1=O. The predicted octanol–water partition coefficient (Wildman–Crippen LogP) is -2.86. The molecule has 1 aromatic heterocycles. The first-order chi connectivity index (χ1) is 11.2. The normalized spacial score (nSPS) is 15.0. The topological polar surface area (TPSA) is 188 Å². The molecule has 1 heterocycles. The molecule has 0 unspecified atom stereocenters. The minimum Gasteiger partial charge on any atom is -0.394 e. The average molecular weight is 346 g/mol. The van der Waals surface area contributed by atoms with Gasteiger partial charge in [-0.3, -0.25) is 19.6 Å². The molecule has 136 valence electrons. The summed E-state index contributed by atoms with van der Waals surface area (Å²) in [6.45, 7) is 2.09. The van der Waals surface area contributed by atoms with Crippen LogP contribution in [0.15, 0.2) is 9.59 Å². The second-order valence-electron chi connectivity index (χ2n) is 5.49. The molecule has 0 aliphatic heterocycles. The molecule has 0 radical (unpaired) electrons. The fourth-order valence-electron chi connectivity index (χ4n) is 1.70. The number of hydrogen-bond acceptors (Lipinski definition) is 8. The number of rotatable bonds is 8. The van der Waals surface area contributed by atoms with E-state index in [9.17, 15) is 29.7 Å². The van der Waals surface area contributed by atoms with Crippen LogP contribution in [-0.2, 0) is 4.79 Å². The van der Waals surface area contributed by atoms with Gasteiger partial charge in [0.2, 0.25) is 5.91 Å². The molecular formula is C13H22N4O7. The van der Waals surface area contributed by atoms with Crippen molar-refractivity contribution in [1.29, 1.82) is 0 Å². The third kappa shape index (κ3) is 5.16. The van der Waals surface area contributed by atoms with Crippen LogP contribution in [0.1, 0.15) is 13.8 Å². The quantitative estimate of drug-likeness (QED) is 0.247. The Morgan fingerprint density at radius 2 is 1.75 bits per heavy atom. The van der Waals surface area contributed by atoms with Crippen molar-refractivity contribution >= 4 is 17.4 Å². The van der Waals surface area contributed by atoms with Crippen LogP contribution >= 0.6 is 0 Å². The van der Waals surface area contributed by atoms with Crippen LogP contribution in [0.3, 0.4) is 0 Å². The van der Waals surface area contributed by atoms with E-state index in [0.29, 0.717) is 0 Å². The van der Waals surface area contributed by atoms with E-state index in [4.69, 9.17) is 5.11 Å². The lowest BCUT2D eigenvalue weighted by Crippen LogP contribution is -2.43. The fourth-order valence-corrected chi connectivity index (χ4v) is 1.70. The minimum absolute atomic E-state index is 0.164. The number of aromatic amines is 2. The number of carbonyl (C=O) groups is 1. The van der Waals surface area contributed by atoms with Gasteiger partial charge in [-0.15, -0.1) is 0 Å². The summed E-state index contributed by atoms with van der Waals surface area (Å²) in [5, 5.41) is 42.1. The summed E-state index contributed by atoms with van der Waals surface area (Å²) in [4.78, 5) is 39.2. The lowest BCUT2D eigenvalue weighted by atomic mass is 10.1. The number of carbonyl (C=O) groups excluding carboxylic acids is 1. The van der Waals surface area contributed by atoms with Gasteiger partial charge in [0, 0.05) is 12.5 Å².